The molecule has 2 nitrogen and oxygen atoms in total. The predicted octanol–water partition coefficient (Wildman–Crippen LogP) is 3.25. The molecule has 80 valence electrons. The normalized spacial score (nSPS) is 30.3. The second-order valence-corrected chi connectivity index (χ2v) is 5.18. The molecule has 0 spiro atoms. The molecule has 3 heteroatoms. The van der Waals surface area contributed by atoms with Gasteiger partial charge < -0.3 is 4.74 Å². The van der Waals surface area contributed by atoms with Crippen LogP contribution in [0.1, 0.15) is 25.8 Å². The Bertz CT molecular complexity index is 385. The summed E-state index contributed by atoms with van der Waals surface area (Å²) in [5, 5.41) is 0. The van der Waals surface area contributed by atoms with Gasteiger partial charge in [-0.1, -0.05) is 35.0 Å². The van der Waals surface area contributed by atoms with E-state index in [9.17, 15) is 4.79 Å². The first kappa shape index (κ1) is 10.7. The van der Waals surface area contributed by atoms with E-state index in [0.29, 0.717) is 0 Å². The first-order valence-corrected chi connectivity index (χ1v) is 5.79. The number of halogens is 1. The van der Waals surface area contributed by atoms with Gasteiger partial charge >= 0.3 is 5.97 Å². The van der Waals surface area contributed by atoms with Crippen molar-refractivity contribution in [1.29, 1.82) is 0 Å². The number of esters is 1. The van der Waals surface area contributed by atoms with Crippen LogP contribution >= 0.6 is 15.9 Å². The zero-order chi connectivity index (χ0) is 11.1. The Balaban J connectivity index is 2.31. The van der Waals surface area contributed by atoms with Gasteiger partial charge in [-0.05, 0) is 24.6 Å². The number of hydrogen-bond donors (Lipinski definition) is 0. The lowest BCUT2D eigenvalue weighted by atomic mass is 9.90. The van der Waals surface area contributed by atoms with Crippen LogP contribution in [-0.2, 0) is 15.1 Å². The Morgan fingerprint density at radius 2 is 2.00 bits per heavy atom. The zero-order valence-electron chi connectivity index (χ0n) is 8.79. The molecule has 0 saturated carbocycles. The molecule has 2 unspecified atom stereocenters. The number of rotatable bonds is 1. The lowest BCUT2D eigenvalue weighted by Gasteiger charge is -2.23. The highest BCUT2D eigenvalue weighted by Gasteiger charge is 2.42. The van der Waals surface area contributed by atoms with Crippen molar-refractivity contribution in [2.45, 2.75) is 25.9 Å². The first-order valence-electron chi connectivity index (χ1n) is 5.00. The van der Waals surface area contributed by atoms with Crippen LogP contribution in [0.2, 0.25) is 0 Å². The summed E-state index contributed by atoms with van der Waals surface area (Å²) in [6.07, 6.45) is 0.757. The van der Waals surface area contributed by atoms with Crippen molar-refractivity contribution in [3.8, 4) is 0 Å². The van der Waals surface area contributed by atoms with Crippen molar-refractivity contribution < 1.29 is 9.53 Å². The summed E-state index contributed by atoms with van der Waals surface area (Å²) < 4.78 is 6.47. The van der Waals surface area contributed by atoms with E-state index in [-0.39, 0.29) is 11.9 Å². The van der Waals surface area contributed by atoms with Crippen molar-refractivity contribution in [2.24, 2.45) is 5.92 Å². The molecular formula is C12H13BrO2. The van der Waals surface area contributed by atoms with Gasteiger partial charge in [-0.2, -0.15) is 0 Å². The number of cyclic esters (lactones) is 1. The number of carbonyl (C=O) groups is 1. The fraction of sp³-hybridized carbons (Fsp3) is 0.417. The number of benzene rings is 1. The van der Waals surface area contributed by atoms with E-state index >= 15 is 0 Å². The van der Waals surface area contributed by atoms with Gasteiger partial charge in [0.15, 0.2) is 0 Å². The van der Waals surface area contributed by atoms with Crippen LogP contribution in [0.3, 0.4) is 0 Å². The Morgan fingerprint density at radius 3 is 2.47 bits per heavy atom. The molecule has 0 amide bonds. The monoisotopic (exact) mass is 268 g/mol. The van der Waals surface area contributed by atoms with E-state index in [1.807, 2.05) is 38.1 Å². The van der Waals surface area contributed by atoms with E-state index in [1.54, 1.807) is 0 Å². The number of carbonyl (C=O) groups excluding carboxylic acids is 1. The van der Waals surface area contributed by atoms with Crippen LogP contribution in [-0.4, -0.2) is 5.97 Å². The van der Waals surface area contributed by atoms with Gasteiger partial charge in [0.05, 0.1) is 5.92 Å². The molecule has 15 heavy (non-hydrogen) atoms. The maximum Gasteiger partial charge on any atom is 0.309 e. The van der Waals surface area contributed by atoms with Gasteiger partial charge in [-0.3, -0.25) is 4.79 Å². The minimum Gasteiger partial charge on any atom is -0.454 e. The van der Waals surface area contributed by atoms with Gasteiger partial charge in [0, 0.05) is 10.9 Å². The number of hydrogen-bond acceptors (Lipinski definition) is 2. The molecule has 1 heterocycles. The molecule has 2 rings (SSSR count). The minimum absolute atomic E-state index is 0.00125. The van der Waals surface area contributed by atoms with Gasteiger partial charge in [-0.25, -0.2) is 0 Å². The van der Waals surface area contributed by atoms with E-state index < -0.39 is 5.60 Å². The van der Waals surface area contributed by atoms with E-state index in [1.165, 1.54) is 0 Å². The third-order valence-corrected chi connectivity index (χ3v) is 3.41. The van der Waals surface area contributed by atoms with Crippen LogP contribution in [0.4, 0.5) is 0 Å². The molecule has 0 bridgehead atoms. The molecule has 1 aliphatic rings. The number of ether oxygens (including phenoxy) is 1. The lowest BCUT2D eigenvalue weighted by molar-refractivity contribution is -0.149. The second-order valence-electron chi connectivity index (χ2n) is 4.26. The topological polar surface area (TPSA) is 26.3 Å². The average molecular weight is 269 g/mol. The predicted molar refractivity (Wildman–Crippen MR) is 61.4 cm³/mol. The Hall–Kier alpha value is -0.830. The fourth-order valence-corrected chi connectivity index (χ4v) is 2.28. The zero-order valence-corrected chi connectivity index (χ0v) is 10.4. The van der Waals surface area contributed by atoms with Gasteiger partial charge in [0.25, 0.3) is 0 Å². The smallest absolute Gasteiger partial charge is 0.309 e. The summed E-state index contributed by atoms with van der Waals surface area (Å²) in [5.41, 5.74) is 0.611. The summed E-state index contributed by atoms with van der Waals surface area (Å²) >= 11 is 3.39. The third-order valence-electron chi connectivity index (χ3n) is 2.88. The van der Waals surface area contributed by atoms with Crippen molar-refractivity contribution in [1.82, 2.24) is 0 Å². The average Bonchev–Trinajstić information content (AvgIpc) is 2.43. The molecule has 2 atom stereocenters. The SMILES string of the molecule is CC1CC(C)(c2ccc(Br)cc2)OC1=O. The lowest BCUT2D eigenvalue weighted by Crippen LogP contribution is -2.20. The summed E-state index contributed by atoms with van der Waals surface area (Å²) in [4.78, 5) is 11.4. The van der Waals surface area contributed by atoms with Gasteiger partial charge in [0.2, 0.25) is 0 Å². The molecule has 0 aliphatic carbocycles. The van der Waals surface area contributed by atoms with Crippen molar-refractivity contribution >= 4 is 21.9 Å². The van der Waals surface area contributed by atoms with Crippen LogP contribution in [0.15, 0.2) is 28.7 Å². The molecule has 0 radical (unpaired) electrons. The minimum atomic E-state index is -0.447. The van der Waals surface area contributed by atoms with Gasteiger partial charge in [-0.15, -0.1) is 0 Å². The summed E-state index contributed by atoms with van der Waals surface area (Å²) in [5.74, 6) is -0.0981. The molecule has 0 N–H and O–H groups in total. The first-order chi connectivity index (χ1) is 7.01. The van der Waals surface area contributed by atoms with Crippen LogP contribution in [0.25, 0.3) is 0 Å². The van der Waals surface area contributed by atoms with Crippen LogP contribution < -0.4 is 0 Å². The van der Waals surface area contributed by atoms with Crippen molar-refractivity contribution in [2.75, 3.05) is 0 Å². The molecule has 1 saturated heterocycles. The standard InChI is InChI=1S/C12H13BrO2/c1-8-7-12(2,15-11(8)14)9-3-5-10(13)6-4-9/h3-6,8H,7H2,1-2H3. The summed E-state index contributed by atoms with van der Waals surface area (Å²) in [6, 6.07) is 7.93. The molecule has 1 aromatic rings. The highest BCUT2D eigenvalue weighted by Crippen LogP contribution is 2.39. The summed E-state index contributed by atoms with van der Waals surface area (Å²) in [6.45, 7) is 3.88. The summed E-state index contributed by atoms with van der Waals surface area (Å²) in [7, 11) is 0. The van der Waals surface area contributed by atoms with E-state index in [0.717, 1.165) is 16.5 Å². The van der Waals surface area contributed by atoms with Crippen molar-refractivity contribution in [3.63, 3.8) is 0 Å². The Kier molecular flexibility index (Phi) is 2.59. The maximum atomic E-state index is 11.4. The molecule has 1 aliphatic heterocycles. The highest BCUT2D eigenvalue weighted by molar-refractivity contribution is 9.10. The van der Waals surface area contributed by atoms with Crippen LogP contribution in [0, 0.1) is 5.92 Å². The molecule has 1 aromatic carbocycles. The van der Waals surface area contributed by atoms with E-state index in [2.05, 4.69) is 15.9 Å². The second kappa shape index (κ2) is 3.63. The Morgan fingerprint density at radius 1 is 1.40 bits per heavy atom. The van der Waals surface area contributed by atoms with E-state index in [4.69, 9.17) is 4.74 Å². The van der Waals surface area contributed by atoms with Crippen LogP contribution in [0.5, 0.6) is 0 Å². The van der Waals surface area contributed by atoms with Gasteiger partial charge in [0.1, 0.15) is 5.60 Å². The largest absolute Gasteiger partial charge is 0.454 e. The molecule has 0 aromatic heterocycles. The quantitative estimate of drug-likeness (QED) is 0.731. The van der Waals surface area contributed by atoms with Crippen molar-refractivity contribution in [3.05, 3.63) is 34.3 Å². The maximum absolute atomic E-state index is 11.4. The fourth-order valence-electron chi connectivity index (χ4n) is 2.01. The third kappa shape index (κ3) is 1.93. The molecular weight excluding hydrogens is 256 g/mol. The molecule has 1 fully saturated rings. The Labute approximate surface area is 97.8 Å². The highest BCUT2D eigenvalue weighted by atomic mass is 79.9.